The van der Waals surface area contributed by atoms with Crippen molar-refractivity contribution in [2.24, 2.45) is 11.8 Å². The van der Waals surface area contributed by atoms with E-state index in [2.05, 4.69) is 41.5 Å². The highest BCUT2D eigenvalue weighted by atomic mass is 31.2. The van der Waals surface area contributed by atoms with E-state index in [9.17, 15) is 42.0 Å². The summed E-state index contributed by atoms with van der Waals surface area (Å²) in [4.78, 5) is 63.5. The van der Waals surface area contributed by atoms with E-state index in [1.165, 1.54) is 12.6 Å². The van der Waals surface area contributed by atoms with Crippen LogP contribution in [0, 0.1) is 11.8 Å². The highest BCUT2D eigenvalue weighted by Crippen LogP contribution is 2.47. The third kappa shape index (κ3) is 25.4. The molecular formula is C13H34FN2O20P5. The molecule has 0 spiro atoms. The van der Waals surface area contributed by atoms with Crippen LogP contribution in [0.3, 0.4) is 0 Å². The molecule has 0 saturated carbocycles. The number of rotatable bonds is 26. The topological polar surface area (TPSA) is 325 Å². The van der Waals surface area contributed by atoms with Gasteiger partial charge in [-0.3, -0.25) is 36.2 Å². The van der Waals surface area contributed by atoms with Gasteiger partial charge in [0.25, 0.3) is 0 Å². The maximum atomic E-state index is 12.3. The van der Waals surface area contributed by atoms with Gasteiger partial charge in [0.2, 0.25) is 0 Å². The van der Waals surface area contributed by atoms with Crippen molar-refractivity contribution in [3.63, 3.8) is 0 Å². The van der Waals surface area contributed by atoms with E-state index >= 15 is 0 Å². The molecule has 41 heavy (non-hydrogen) atoms. The van der Waals surface area contributed by atoms with E-state index in [0.717, 1.165) is 0 Å². The Balaban J connectivity index is 4.37. The molecule has 0 bridgehead atoms. The predicted octanol–water partition coefficient (Wildman–Crippen LogP) is -0.468. The molecule has 5 unspecified atom stereocenters. The summed E-state index contributed by atoms with van der Waals surface area (Å²) in [6.45, 7) is -6.16. The molecule has 0 fully saturated rings. The molecular weight excluding hydrogens is 678 g/mol. The molecule has 0 heterocycles. The van der Waals surface area contributed by atoms with Gasteiger partial charge in [-0.25, -0.2) is 22.8 Å². The standard InChI is InChI=1S/C13H34FN2O20P5/c1-15-6-12(8-33-37(17,18)19)10-35-40(25,26)31-4-2-29-39(23,24)30-3-5-32-41(27,28)36-11-13(7-16-14)9-34-38(20,21)22/h12-13,15-16H,2-11H2,1H3,(H,23,24)(H,25,26)(H,27,28)(H2,17,18,19)(H2,20,21,22). The highest BCUT2D eigenvalue weighted by molar-refractivity contribution is 7.48. The van der Waals surface area contributed by atoms with Crippen molar-refractivity contribution in [3.8, 4) is 0 Å². The van der Waals surface area contributed by atoms with E-state index in [4.69, 9.17) is 19.6 Å². The summed E-state index contributed by atoms with van der Waals surface area (Å²) in [7, 11) is -22.6. The van der Waals surface area contributed by atoms with Gasteiger partial charge in [-0.2, -0.15) is 5.54 Å². The smallest absolute Gasteiger partial charge is 0.319 e. The fraction of sp³-hybridized carbons (Fsp3) is 1.00. The summed E-state index contributed by atoms with van der Waals surface area (Å²) < 4.78 is 105. The molecule has 0 amide bonds. The lowest BCUT2D eigenvalue weighted by molar-refractivity contribution is 0.0730. The van der Waals surface area contributed by atoms with Crippen molar-refractivity contribution >= 4 is 39.1 Å². The summed E-state index contributed by atoms with van der Waals surface area (Å²) in [5, 5.41) is 2.66. The first-order chi connectivity index (χ1) is 18.7. The lowest BCUT2D eigenvalue weighted by Gasteiger charge is -2.19. The first-order valence-corrected chi connectivity index (χ1v) is 18.5. The maximum Gasteiger partial charge on any atom is 0.472 e. The van der Waals surface area contributed by atoms with Gasteiger partial charge in [0.15, 0.2) is 0 Å². The van der Waals surface area contributed by atoms with E-state index in [1.807, 2.05) is 0 Å². The largest absolute Gasteiger partial charge is 0.472 e. The minimum atomic E-state index is -4.90. The first kappa shape index (κ1) is 41.4. The Kier molecular flexibility index (Phi) is 19.9. The summed E-state index contributed by atoms with van der Waals surface area (Å²) in [5.74, 6) is -1.89. The van der Waals surface area contributed by atoms with Crippen LogP contribution in [0.15, 0.2) is 0 Å². The van der Waals surface area contributed by atoms with Crippen LogP contribution in [0.1, 0.15) is 0 Å². The summed E-state index contributed by atoms with van der Waals surface area (Å²) in [6.07, 6.45) is 0. The molecule has 9 N–H and O–H groups in total. The van der Waals surface area contributed by atoms with Crippen molar-refractivity contribution in [3.05, 3.63) is 0 Å². The number of hydrogen-bond acceptors (Lipinski definition) is 15. The monoisotopic (exact) mass is 712 g/mol. The fourth-order valence-corrected chi connectivity index (χ4v) is 5.31. The third-order valence-electron chi connectivity index (χ3n) is 3.95. The van der Waals surface area contributed by atoms with Crippen LogP contribution in [0.4, 0.5) is 4.48 Å². The zero-order valence-corrected chi connectivity index (χ0v) is 25.7. The van der Waals surface area contributed by atoms with Crippen molar-refractivity contribution < 1.29 is 97.8 Å². The van der Waals surface area contributed by atoms with Gasteiger partial charge in [-0.05, 0) is 7.05 Å². The van der Waals surface area contributed by atoms with E-state index in [-0.39, 0.29) is 6.54 Å². The zero-order chi connectivity index (χ0) is 31.8. The lowest BCUT2D eigenvalue weighted by atomic mass is 10.2. The van der Waals surface area contributed by atoms with Crippen LogP contribution in [0.25, 0.3) is 0 Å². The lowest BCUT2D eigenvalue weighted by Crippen LogP contribution is -2.26. The molecule has 248 valence electrons. The summed E-state index contributed by atoms with van der Waals surface area (Å²) >= 11 is 0. The van der Waals surface area contributed by atoms with Crippen molar-refractivity contribution in [2.75, 3.05) is 73.0 Å². The van der Waals surface area contributed by atoms with Gasteiger partial charge >= 0.3 is 39.1 Å². The second kappa shape index (κ2) is 19.7. The molecule has 0 aliphatic carbocycles. The highest BCUT2D eigenvalue weighted by Gasteiger charge is 2.28. The second-order valence-corrected chi connectivity index (χ2v) is 14.4. The van der Waals surface area contributed by atoms with Crippen LogP contribution >= 0.6 is 39.1 Å². The van der Waals surface area contributed by atoms with Crippen LogP contribution in [-0.2, 0) is 59.0 Å². The Morgan fingerprint density at radius 2 is 0.829 bits per heavy atom. The van der Waals surface area contributed by atoms with Crippen molar-refractivity contribution in [1.82, 2.24) is 10.9 Å². The Morgan fingerprint density at radius 3 is 1.12 bits per heavy atom. The van der Waals surface area contributed by atoms with Gasteiger partial charge in [0.05, 0.1) is 52.9 Å². The van der Waals surface area contributed by atoms with Gasteiger partial charge in [0.1, 0.15) is 0 Å². The van der Waals surface area contributed by atoms with E-state index < -0.39 is 110 Å². The summed E-state index contributed by atoms with van der Waals surface area (Å²) in [6, 6.07) is 0. The molecule has 0 radical (unpaired) electrons. The Labute approximate surface area is 233 Å². The molecule has 0 rings (SSSR count). The number of hydrogen-bond donors (Lipinski definition) is 9. The van der Waals surface area contributed by atoms with Gasteiger partial charge in [-0.15, -0.1) is 4.48 Å². The average molecular weight is 712 g/mol. The molecule has 0 aliphatic heterocycles. The summed E-state index contributed by atoms with van der Waals surface area (Å²) in [5.41, 5.74) is 1.17. The number of phosphoric acid groups is 5. The Hall–Kier alpha value is 0.400. The minimum Gasteiger partial charge on any atom is -0.319 e. The van der Waals surface area contributed by atoms with E-state index in [0.29, 0.717) is 0 Å². The van der Waals surface area contributed by atoms with Gasteiger partial charge in [-0.1, -0.05) is 0 Å². The molecule has 0 aromatic heterocycles. The number of halogens is 1. The Bertz CT molecular complexity index is 907. The Morgan fingerprint density at radius 1 is 0.537 bits per heavy atom. The van der Waals surface area contributed by atoms with Gasteiger partial charge in [0, 0.05) is 24.9 Å². The van der Waals surface area contributed by atoms with Crippen LogP contribution < -0.4 is 10.9 Å². The molecule has 0 aliphatic rings. The predicted molar refractivity (Wildman–Crippen MR) is 131 cm³/mol. The SMILES string of the molecule is CNCC(COP(=O)(O)O)COP(=O)(O)OCCOP(=O)(O)OCCOP(=O)(O)OCC(CNF)COP(=O)(O)O. The molecule has 0 aromatic rings. The average Bonchev–Trinajstić information content (AvgIpc) is 2.82. The quantitative estimate of drug-likeness (QED) is 0.0311. The van der Waals surface area contributed by atoms with E-state index in [1.54, 1.807) is 0 Å². The normalized spacial score (nSPS) is 18.8. The molecule has 0 saturated heterocycles. The van der Waals surface area contributed by atoms with Crippen LogP contribution in [-0.4, -0.2) is 107 Å². The van der Waals surface area contributed by atoms with Gasteiger partial charge < -0.3 is 39.6 Å². The first-order valence-electron chi connectivity index (χ1n) is 10.9. The number of nitrogens with one attached hydrogen (secondary N) is 2. The third-order valence-corrected chi connectivity index (χ3v) is 7.90. The molecule has 22 nitrogen and oxygen atoms in total. The van der Waals surface area contributed by atoms with Crippen LogP contribution in [0.5, 0.6) is 0 Å². The fourth-order valence-electron chi connectivity index (χ4n) is 2.26. The second-order valence-electron chi connectivity index (χ2n) is 7.53. The van der Waals surface area contributed by atoms with Crippen molar-refractivity contribution in [2.45, 2.75) is 0 Å². The van der Waals surface area contributed by atoms with Crippen LogP contribution in [0.2, 0.25) is 0 Å². The number of phosphoric ester groups is 5. The molecule has 5 atom stereocenters. The minimum absolute atomic E-state index is 0.0845. The molecule has 28 heteroatoms. The maximum absolute atomic E-state index is 12.3. The molecule has 0 aromatic carbocycles. The zero-order valence-electron chi connectivity index (χ0n) is 21.3. The van der Waals surface area contributed by atoms with Crippen molar-refractivity contribution in [1.29, 1.82) is 0 Å².